The third kappa shape index (κ3) is 1.78. The Morgan fingerprint density at radius 2 is 2.19 bits per heavy atom. The van der Waals surface area contributed by atoms with E-state index in [1.807, 2.05) is 25.1 Å². The molecule has 2 aromatic rings. The number of nitrogens with one attached hydrogen (secondary N) is 1. The first kappa shape index (κ1) is 11.0. The normalized spacial score (nSPS) is 10.4. The summed E-state index contributed by atoms with van der Waals surface area (Å²) in [5.41, 5.74) is 8.59. The first-order valence-corrected chi connectivity index (χ1v) is 5.57. The Morgan fingerprint density at radius 3 is 2.69 bits per heavy atom. The van der Waals surface area contributed by atoms with Gasteiger partial charge in [0.1, 0.15) is 11.6 Å². The maximum Gasteiger partial charge on any atom is 0.148 e. The SMILES string of the molecule is COc1ccc(-c2[nH]nc(N)c2C)c(Br)c1. The largest absolute Gasteiger partial charge is 0.497 e. The van der Waals surface area contributed by atoms with Gasteiger partial charge < -0.3 is 10.5 Å². The van der Waals surface area contributed by atoms with Crippen LogP contribution in [-0.2, 0) is 0 Å². The molecule has 1 aromatic carbocycles. The van der Waals surface area contributed by atoms with Crippen LogP contribution in [0, 0.1) is 6.92 Å². The zero-order valence-corrected chi connectivity index (χ0v) is 10.6. The highest BCUT2D eigenvalue weighted by Crippen LogP contribution is 2.33. The average molecular weight is 282 g/mol. The van der Waals surface area contributed by atoms with Crippen LogP contribution in [0.1, 0.15) is 5.56 Å². The number of nitrogens with two attached hydrogens (primary N) is 1. The lowest BCUT2D eigenvalue weighted by Crippen LogP contribution is -1.88. The minimum atomic E-state index is 0.526. The van der Waals surface area contributed by atoms with E-state index in [4.69, 9.17) is 10.5 Å². The van der Waals surface area contributed by atoms with Crippen molar-refractivity contribution in [3.8, 4) is 17.0 Å². The number of anilines is 1. The molecule has 0 bridgehead atoms. The molecule has 0 saturated heterocycles. The summed E-state index contributed by atoms with van der Waals surface area (Å²) < 4.78 is 6.08. The summed E-state index contributed by atoms with van der Waals surface area (Å²) in [4.78, 5) is 0. The molecule has 0 saturated carbocycles. The Balaban J connectivity index is 2.52. The van der Waals surface area contributed by atoms with Gasteiger partial charge in [0.25, 0.3) is 0 Å². The van der Waals surface area contributed by atoms with E-state index in [0.717, 1.165) is 27.0 Å². The van der Waals surface area contributed by atoms with E-state index in [-0.39, 0.29) is 0 Å². The molecule has 0 amide bonds. The molecule has 0 atom stereocenters. The van der Waals surface area contributed by atoms with Gasteiger partial charge >= 0.3 is 0 Å². The van der Waals surface area contributed by atoms with Gasteiger partial charge in [0.05, 0.1) is 12.8 Å². The van der Waals surface area contributed by atoms with Crippen molar-refractivity contribution in [2.45, 2.75) is 6.92 Å². The quantitative estimate of drug-likeness (QED) is 0.890. The van der Waals surface area contributed by atoms with E-state index in [9.17, 15) is 0 Å². The lowest BCUT2D eigenvalue weighted by molar-refractivity contribution is 0.414. The lowest BCUT2D eigenvalue weighted by Gasteiger charge is -2.06. The Morgan fingerprint density at radius 1 is 1.44 bits per heavy atom. The van der Waals surface area contributed by atoms with E-state index in [2.05, 4.69) is 26.1 Å². The summed E-state index contributed by atoms with van der Waals surface area (Å²) in [6.45, 7) is 1.94. The fourth-order valence-electron chi connectivity index (χ4n) is 1.50. The van der Waals surface area contributed by atoms with Gasteiger partial charge in [-0.2, -0.15) is 5.10 Å². The number of methoxy groups -OCH3 is 1. The molecule has 16 heavy (non-hydrogen) atoms. The first-order valence-electron chi connectivity index (χ1n) is 4.78. The maximum atomic E-state index is 5.70. The second-order valence-electron chi connectivity index (χ2n) is 3.45. The van der Waals surface area contributed by atoms with Gasteiger partial charge in [0, 0.05) is 15.6 Å². The number of hydrogen-bond acceptors (Lipinski definition) is 3. The van der Waals surface area contributed by atoms with Gasteiger partial charge in [0.15, 0.2) is 0 Å². The summed E-state index contributed by atoms with van der Waals surface area (Å²) >= 11 is 3.50. The van der Waals surface area contributed by atoms with Crippen molar-refractivity contribution >= 4 is 21.7 Å². The van der Waals surface area contributed by atoms with Crippen molar-refractivity contribution in [2.24, 2.45) is 0 Å². The minimum Gasteiger partial charge on any atom is -0.497 e. The van der Waals surface area contributed by atoms with Gasteiger partial charge in [-0.15, -0.1) is 0 Å². The van der Waals surface area contributed by atoms with Crippen molar-refractivity contribution in [1.29, 1.82) is 0 Å². The van der Waals surface area contributed by atoms with Crippen LogP contribution in [0.4, 0.5) is 5.82 Å². The van der Waals surface area contributed by atoms with Crippen molar-refractivity contribution in [2.75, 3.05) is 12.8 Å². The zero-order valence-electron chi connectivity index (χ0n) is 9.04. The fraction of sp³-hybridized carbons (Fsp3) is 0.182. The molecule has 84 valence electrons. The number of halogens is 1. The number of aromatic amines is 1. The predicted molar refractivity (Wildman–Crippen MR) is 67.4 cm³/mol. The minimum absolute atomic E-state index is 0.526. The second kappa shape index (κ2) is 4.17. The molecule has 0 fully saturated rings. The summed E-state index contributed by atoms with van der Waals surface area (Å²) in [6, 6.07) is 5.77. The molecule has 5 heteroatoms. The predicted octanol–water partition coefficient (Wildman–Crippen LogP) is 2.74. The molecule has 3 N–H and O–H groups in total. The number of rotatable bonds is 2. The Kier molecular flexibility index (Phi) is 2.87. The third-order valence-corrected chi connectivity index (χ3v) is 3.15. The number of benzene rings is 1. The molecular formula is C11H12BrN3O. The van der Waals surface area contributed by atoms with Gasteiger partial charge in [0.2, 0.25) is 0 Å². The van der Waals surface area contributed by atoms with Crippen LogP contribution in [0.15, 0.2) is 22.7 Å². The highest BCUT2D eigenvalue weighted by Gasteiger charge is 2.11. The van der Waals surface area contributed by atoms with Crippen molar-refractivity contribution in [3.63, 3.8) is 0 Å². The molecule has 1 heterocycles. The average Bonchev–Trinajstić information content (AvgIpc) is 2.60. The molecule has 0 spiro atoms. The molecule has 4 nitrogen and oxygen atoms in total. The van der Waals surface area contributed by atoms with Gasteiger partial charge in [-0.1, -0.05) is 0 Å². The third-order valence-electron chi connectivity index (χ3n) is 2.49. The Hall–Kier alpha value is -1.49. The smallest absolute Gasteiger partial charge is 0.148 e. The highest BCUT2D eigenvalue weighted by atomic mass is 79.9. The molecule has 0 aliphatic heterocycles. The fourth-order valence-corrected chi connectivity index (χ4v) is 2.06. The molecule has 0 unspecified atom stereocenters. The summed E-state index contributed by atoms with van der Waals surface area (Å²) in [5.74, 6) is 1.33. The molecular weight excluding hydrogens is 270 g/mol. The molecule has 2 rings (SSSR count). The van der Waals surface area contributed by atoms with Crippen molar-refractivity contribution < 1.29 is 4.74 Å². The van der Waals surface area contributed by atoms with Crippen LogP contribution < -0.4 is 10.5 Å². The molecule has 0 aliphatic carbocycles. The van der Waals surface area contributed by atoms with Gasteiger partial charge in [-0.3, -0.25) is 5.10 Å². The van der Waals surface area contributed by atoms with E-state index < -0.39 is 0 Å². The maximum absolute atomic E-state index is 5.70. The second-order valence-corrected chi connectivity index (χ2v) is 4.31. The number of nitrogen functional groups attached to an aromatic ring is 1. The highest BCUT2D eigenvalue weighted by molar-refractivity contribution is 9.10. The van der Waals surface area contributed by atoms with E-state index in [1.165, 1.54) is 0 Å². The number of aromatic nitrogens is 2. The first-order chi connectivity index (χ1) is 7.63. The molecule has 1 aromatic heterocycles. The zero-order chi connectivity index (χ0) is 11.7. The summed E-state index contributed by atoms with van der Waals surface area (Å²) in [5, 5.41) is 6.90. The van der Waals surface area contributed by atoms with Crippen LogP contribution in [0.2, 0.25) is 0 Å². The number of hydrogen-bond donors (Lipinski definition) is 2. The molecule has 0 radical (unpaired) electrons. The summed E-state index contributed by atoms with van der Waals surface area (Å²) in [6.07, 6.45) is 0. The Bertz CT molecular complexity index is 522. The van der Waals surface area contributed by atoms with Crippen molar-refractivity contribution in [1.82, 2.24) is 10.2 Å². The number of H-pyrrole nitrogens is 1. The van der Waals surface area contributed by atoms with Gasteiger partial charge in [-0.05, 0) is 41.1 Å². The van der Waals surface area contributed by atoms with Crippen LogP contribution >= 0.6 is 15.9 Å². The lowest BCUT2D eigenvalue weighted by atomic mass is 10.1. The van der Waals surface area contributed by atoms with E-state index in [0.29, 0.717) is 5.82 Å². The Labute approximate surface area is 102 Å². The van der Waals surface area contributed by atoms with Gasteiger partial charge in [-0.25, -0.2) is 0 Å². The summed E-state index contributed by atoms with van der Waals surface area (Å²) in [7, 11) is 1.64. The van der Waals surface area contributed by atoms with Crippen LogP contribution in [-0.4, -0.2) is 17.3 Å². The van der Waals surface area contributed by atoms with Crippen LogP contribution in [0.5, 0.6) is 5.75 Å². The topological polar surface area (TPSA) is 63.9 Å². The van der Waals surface area contributed by atoms with Crippen LogP contribution in [0.3, 0.4) is 0 Å². The van der Waals surface area contributed by atoms with Crippen LogP contribution in [0.25, 0.3) is 11.3 Å². The standard InChI is InChI=1S/C11H12BrN3O/c1-6-10(14-15-11(6)13)8-4-3-7(16-2)5-9(8)12/h3-5H,1-2H3,(H3,13,14,15). The van der Waals surface area contributed by atoms with E-state index in [1.54, 1.807) is 7.11 Å². The number of ether oxygens (including phenoxy) is 1. The molecule has 0 aliphatic rings. The monoisotopic (exact) mass is 281 g/mol. The number of nitrogens with zero attached hydrogens (tertiary/aromatic N) is 1. The van der Waals surface area contributed by atoms with Crippen molar-refractivity contribution in [3.05, 3.63) is 28.2 Å². The van der Waals surface area contributed by atoms with E-state index >= 15 is 0 Å².